The highest BCUT2D eigenvalue weighted by Gasteiger charge is 2.32. The summed E-state index contributed by atoms with van der Waals surface area (Å²) in [5.41, 5.74) is 0. The van der Waals surface area contributed by atoms with Crippen LogP contribution in [0.5, 0.6) is 0 Å². The third-order valence-electron chi connectivity index (χ3n) is 4.82. The summed E-state index contributed by atoms with van der Waals surface area (Å²) in [5, 5.41) is 0. The highest BCUT2D eigenvalue weighted by atomic mass is 79.9. The van der Waals surface area contributed by atoms with Gasteiger partial charge in [-0.25, -0.2) is 8.42 Å². The molecule has 0 atom stereocenters. The smallest absolute Gasteiger partial charge is 0.244 e. The average molecular weight is 387 g/mol. The summed E-state index contributed by atoms with van der Waals surface area (Å²) < 4.78 is 27.8. The minimum atomic E-state index is -3.39. The van der Waals surface area contributed by atoms with Crippen molar-refractivity contribution in [3.63, 3.8) is 0 Å². The Balaban J connectivity index is 1.67. The summed E-state index contributed by atoms with van der Waals surface area (Å²) in [6.45, 7) is 2.91. The molecule has 0 N–H and O–H groups in total. The fraction of sp³-hybridized carbons (Fsp3) is 0.625. The molecule has 122 valence electrons. The molecule has 0 bridgehead atoms. The van der Waals surface area contributed by atoms with Crippen molar-refractivity contribution < 1.29 is 8.42 Å². The Morgan fingerprint density at radius 3 is 2.23 bits per heavy atom. The Morgan fingerprint density at radius 2 is 1.59 bits per heavy atom. The number of rotatable bonds is 3. The van der Waals surface area contributed by atoms with Crippen LogP contribution in [0.25, 0.3) is 0 Å². The fourth-order valence-electron chi connectivity index (χ4n) is 3.55. The molecule has 0 unspecified atom stereocenters. The summed E-state index contributed by atoms with van der Waals surface area (Å²) in [6, 6.07) is 7.74. The van der Waals surface area contributed by atoms with Crippen LogP contribution in [0, 0.1) is 0 Å². The monoisotopic (exact) mass is 386 g/mol. The fourth-order valence-corrected chi connectivity index (χ4v) is 5.93. The second-order valence-electron chi connectivity index (χ2n) is 6.16. The number of nitrogens with zero attached hydrogens (tertiary/aromatic N) is 2. The lowest BCUT2D eigenvalue weighted by Crippen LogP contribution is -2.52. The molecule has 4 nitrogen and oxygen atoms in total. The van der Waals surface area contributed by atoms with Gasteiger partial charge in [-0.15, -0.1) is 0 Å². The molecule has 0 aromatic heterocycles. The molecular weight excluding hydrogens is 364 g/mol. The van der Waals surface area contributed by atoms with Gasteiger partial charge in [0.2, 0.25) is 10.0 Å². The summed E-state index contributed by atoms with van der Waals surface area (Å²) >= 11 is 3.36. The van der Waals surface area contributed by atoms with Crippen molar-refractivity contribution in [3.8, 4) is 0 Å². The van der Waals surface area contributed by atoms with Crippen molar-refractivity contribution >= 4 is 26.0 Å². The van der Waals surface area contributed by atoms with Gasteiger partial charge in [-0.3, -0.25) is 4.90 Å². The topological polar surface area (TPSA) is 40.6 Å². The van der Waals surface area contributed by atoms with E-state index in [2.05, 4.69) is 20.8 Å². The van der Waals surface area contributed by atoms with E-state index in [0.717, 1.165) is 13.1 Å². The van der Waals surface area contributed by atoms with Crippen LogP contribution in [-0.2, 0) is 10.0 Å². The van der Waals surface area contributed by atoms with E-state index >= 15 is 0 Å². The standard InChI is InChI=1S/C16H23BrN2O2S/c17-15-8-4-5-9-16(15)22(20,21)19-12-10-18(11-13-19)14-6-2-1-3-7-14/h4-5,8-9,14H,1-3,6-7,10-13H2. The van der Waals surface area contributed by atoms with Crippen LogP contribution >= 0.6 is 15.9 Å². The first kappa shape index (κ1) is 16.4. The third-order valence-corrected chi connectivity index (χ3v) is 7.73. The summed E-state index contributed by atoms with van der Waals surface area (Å²) in [5.74, 6) is 0. The molecule has 1 aliphatic heterocycles. The van der Waals surface area contributed by atoms with Crippen LogP contribution in [0.1, 0.15) is 32.1 Å². The van der Waals surface area contributed by atoms with Crippen molar-refractivity contribution in [1.82, 2.24) is 9.21 Å². The number of piperazine rings is 1. The molecule has 1 heterocycles. The largest absolute Gasteiger partial charge is 0.298 e. The van der Waals surface area contributed by atoms with Crippen LogP contribution in [-0.4, -0.2) is 49.8 Å². The average Bonchev–Trinajstić information content (AvgIpc) is 2.56. The molecule has 0 spiro atoms. The molecule has 22 heavy (non-hydrogen) atoms. The molecule has 1 aromatic rings. The van der Waals surface area contributed by atoms with Crippen LogP contribution in [0.15, 0.2) is 33.6 Å². The van der Waals surface area contributed by atoms with Crippen molar-refractivity contribution in [2.24, 2.45) is 0 Å². The van der Waals surface area contributed by atoms with Crippen LogP contribution in [0.3, 0.4) is 0 Å². The predicted molar refractivity (Wildman–Crippen MR) is 91.3 cm³/mol. The molecule has 2 fully saturated rings. The van der Waals surface area contributed by atoms with Gasteiger partial charge in [0.05, 0.1) is 4.90 Å². The molecule has 2 aliphatic rings. The predicted octanol–water partition coefficient (Wildman–Crippen LogP) is 3.09. The maximum Gasteiger partial charge on any atom is 0.244 e. The molecule has 1 aliphatic carbocycles. The van der Waals surface area contributed by atoms with Crippen LogP contribution in [0.4, 0.5) is 0 Å². The van der Waals surface area contributed by atoms with Gasteiger partial charge in [0.15, 0.2) is 0 Å². The molecule has 0 radical (unpaired) electrons. The minimum absolute atomic E-state index is 0.376. The number of hydrogen-bond acceptors (Lipinski definition) is 3. The molecule has 1 aromatic carbocycles. The Labute approximate surface area is 141 Å². The van der Waals surface area contributed by atoms with Crippen molar-refractivity contribution in [2.45, 2.75) is 43.0 Å². The van der Waals surface area contributed by atoms with E-state index < -0.39 is 10.0 Å². The molecule has 3 rings (SSSR count). The quantitative estimate of drug-likeness (QED) is 0.801. The van der Waals surface area contributed by atoms with Gasteiger partial charge in [-0.2, -0.15) is 4.31 Å². The Kier molecular flexibility index (Phi) is 5.22. The van der Waals surface area contributed by atoms with Gasteiger partial charge in [0, 0.05) is 36.7 Å². The SMILES string of the molecule is O=S(=O)(c1ccccc1Br)N1CCN(C2CCCCC2)CC1. The normalized spacial score (nSPS) is 22.8. The zero-order chi connectivity index (χ0) is 15.6. The van der Waals surface area contributed by atoms with E-state index in [1.54, 1.807) is 22.5 Å². The third kappa shape index (κ3) is 3.40. The van der Waals surface area contributed by atoms with Crippen LogP contribution < -0.4 is 0 Å². The second kappa shape index (κ2) is 6.99. The van der Waals surface area contributed by atoms with E-state index in [-0.39, 0.29) is 0 Å². The maximum absolute atomic E-state index is 12.8. The summed E-state index contributed by atoms with van der Waals surface area (Å²) in [4.78, 5) is 2.87. The van der Waals surface area contributed by atoms with Crippen molar-refractivity contribution in [1.29, 1.82) is 0 Å². The lowest BCUT2D eigenvalue weighted by atomic mass is 9.94. The zero-order valence-electron chi connectivity index (χ0n) is 12.7. The molecule has 1 saturated carbocycles. The number of hydrogen-bond donors (Lipinski definition) is 0. The first-order valence-corrected chi connectivity index (χ1v) is 10.3. The first-order chi connectivity index (χ1) is 10.6. The highest BCUT2D eigenvalue weighted by molar-refractivity contribution is 9.10. The van der Waals surface area contributed by atoms with E-state index in [0.29, 0.717) is 28.5 Å². The summed E-state index contributed by atoms with van der Waals surface area (Å²) in [6.07, 6.45) is 6.54. The molecule has 6 heteroatoms. The highest BCUT2D eigenvalue weighted by Crippen LogP contribution is 2.27. The van der Waals surface area contributed by atoms with E-state index in [9.17, 15) is 8.42 Å². The van der Waals surface area contributed by atoms with E-state index in [1.807, 2.05) is 6.07 Å². The lowest BCUT2D eigenvalue weighted by molar-refractivity contribution is 0.111. The van der Waals surface area contributed by atoms with Gasteiger partial charge in [-0.1, -0.05) is 31.4 Å². The number of benzene rings is 1. The van der Waals surface area contributed by atoms with Gasteiger partial charge in [-0.05, 0) is 40.9 Å². The molecule has 1 saturated heterocycles. The Bertz CT molecular complexity index is 606. The zero-order valence-corrected chi connectivity index (χ0v) is 15.2. The molecular formula is C16H23BrN2O2S. The van der Waals surface area contributed by atoms with E-state index in [4.69, 9.17) is 0 Å². The lowest BCUT2D eigenvalue weighted by Gasteiger charge is -2.40. The Morgan fingerprint density at radius 1 is 0.955 bits per heavy atom. The second-order valence-corrected chi connectivity index (χ2v) is 8.92. The maximum atomic E-state index is 12.8. The number of sulfonamides is 1. The summed E-state index contributed by atoms with van der Waals surface area (Å²) in [7, 11) is -3.39. The van der Waals surface area contributed by atoms with Gasteiger partial charge < -0.3 is 0 Å². The minimum Gasteiger partial charge on any atom is -0.298 e. The van der Waals surface area contributed by atoms with Crippen molar-refractivity contribution in [2.75, 3.05) is 26.2 Å². The van der Waals surface area contributed by atoms with Gasteiger partial charge >= 0.3 is 0 Å². The van der Waals surface area contributed by atoms with Gasteiger partial charge in [0.1, 0.15) is 0 Å². The van der Waals surface area contributed by atoms with Gasteiger partial charge in [0.25, 0.3) is 0 Å². The Hall–Kier alpha value is -0.430. The first-order valence-electron chi connectivity index (χ1n) is 8.08. The number of halogens is 1. The van der Waals surface area contributed by atoms with E-state index in [1.165, 1.54) is 32.1 Å². The van der Waals surface area contributed by atoms with Crippen LogP contribution in [0.2, 0.25) is 0 Å². The molecule has 0 amide bonds. The van der Waals surface area contributed by atoms with Crippen molar-refractivity contribution in [3.05, 3.63) is 28.7 Å².